The molecular weight excluding hydrogens is 451 g/mol. The fourth-order valence-electron chi connectivity index (χ4n) is 3.45. The van der Waals surface area contributed by atoms with Gasteiger partial charge >= 0.3 is 0 Å². The smallest absolute Gasteiger partial charge is 0.259 e. The molecule has 1 aliphatic rings. The van der Waals surface area contributed by atoms with Crippen molar-refractivity contribution >= 4 is 33.5 Å². The highest BCUT2D eigenvalue weighted by molar-refractivity contribution is 7.19. The second-order valence-electron chi connectivity index (χ2n) is 7.15. The van der Waals surface area contributed by atoms with Gasteiger partial charge in [0.05, 0.1) is 19.5 Å². The van der Waals surface area contributed by atoms with Crippen LogP contribution < -0.4 is 20.3 Å². The van der Waals surface area contributed by atoms with Gasteiger partial charge in [0.1, 0.15) is 0 Å². The molecule has 0 saturated carbocycles. The minimum Gasteiger partial charge on any atom is -0.494 e. The van der Waals surface area contributed by atoms with E-state index in [0.717, 1.165) is 13.0 Å². The molecular formula is C20H23FN8O3S. The summed E-state index contributed by atoms with van der Waals surface area (Å²) in [6.45, 7) is 3.56. The largest absolute Gasteiger partial charge is 0.494 e. The topological polar surface area (TPSA) is 127 Å². The number of hydrogen-bond acceptors (Lipinski definition) is 11. The van der Waals surface area contributed by atoms with Gasteiger partial charge in [0.15, 0.2) is 17.7 Å². The summed E-state index contributed by atoms with van der Waals surface area (Å²) in [6.07, 6.45) is 3.07. The van der Waals surface area contributed by atoms with Gasteiger partial charge in [-0.2, -0.15) is 5.10 Å². The second-order valence-corrected chi connectivity index (χ2v) is 8.13. The van der Waals surface area contributed by atoms with Crippen LogP contribution in [-0.2, 0) is 9.53 Å². The number of carbonyl (C=O) groups is 1. The molecule has 3 heterocycles. The number of amides is 1. The third kappa shape index (κ3) is 5.49. The molecule has 0 radical (unpaired) electrons. The number of methoxy groups -OCH3 is 1. The Kier molecular flexibility index (Phi) is 7.19. The van der Waals surface area contributed by atoms with Gasteiger partial charge < -0.3 is 19.7 Å². The van der Waals surface area contributed by atoms with Crippen LogP contribution >= 0.6 is 11.3 Å². The summed E-state index contributed by atoms with van der Waals surface area (Å²) in [6, 6.07) is 4.30. The van der Waals surface area contributed by atoms with E-state index >= 15 is 0 Å². The van der Waals surface area contributed by atoms with E-state index in [-0.39, 0.29) is 11.8 Å². The number of benzene rings is 1. The van der Waals surface area contributed by atoms with Gasteiger partial charge in [-0.1, -0.05) is 17.4 Å². The molecule has 33 heavy (non-hydrogen) atoms. The van der Waals surface area contributed by atoms with Crippen LogP contribution in [0, 0.1) is 5.82 Å². The maximum Gasteiger partial charge on any atom is 0.259 e. The minimum absolute atomic E-state index is 0.0368. The van der Waals surface area contributed by atoms with E-state index in [1.807, 2.05) is 4.90 Å². The summed E-state index contributed by atoms with van der Waals surface area (Å²) in [5, 5.41) is 23.0. The molecule has 0 bridgehead atoms. The molecule has 2 aromatic heterocycles. The molecule has 1 aromatic carbocycles. The lowest BCUT2D eigenvalue weighted by Gasteiger charge is -2.17. The molecule has 1 amide bonds. The van der Waals surface area contributed by atoms with Crippen molar-refractivity contribution in [3.05, 3.63) is 42.0 Å². The van der Waals surface area contributed by atoms with Gasteiger partial charge in [0, 0.05) is 25.7 Å². The SMILES string of the molecule is CCO[C@H](C(=O)Nc1nnc(N[C@@H]2CCN(c3nccnn3)C2)s1)c1ccc(F)c(OC)c1. The van der Waals surface area contributed by atoms with Gasteiger partial charge in [-0.25, -0.2) is 9.37 Å². The summed E-state index contributed by atoms with van der Waals surface area (Å²) in [4.78, 5) is 19.1. The number of nitrogens with one attached hydrogen (secondary N) is 2. The Balaban J connectivity index is 1.37. The molecule has 3 aromatic rings. The van der Waals surface area contributed by atoms with Crippen LogP contribution in [0.15, 0.2) is 30.6 Å². The maximum absolute atomic E-state index is 13.8. The molecule has 13 heteroatoms. The van der Waals surface area contributed by atoms with Crippen LogP contribution in [0.5, 0.6) is 5.75 Å². The Morgan fingerprint density at radius 2 is 2.15 bits per heavy atom. The molecule has 4 rings (SSSR count). The van der Waals surface area contributed by atoms with Crippen LogP contribution in [0.3, 0.4) is 0 Å². The molecule has 2 N–H and O–H groups in total. The van der Waals surface area contributed by atoms with Crippen molar-refractivity contribution in [3.8, 4) is 5.75 Å². The van der Waals surface area contributed by atoms with Crippen LogP contribution in [-0.4, -0.2) is 64.1 Å². The maximum atomic E-state index is 13.8. The summed E-state index contributed by atoms with van der Waals surface area (Å²) in [5.41, 5.74) is 0.471. The summed E-state index contributed by atoms with van der Waals surface area (Å²) in [7, 11) is 1.36. The van der Waals surface area contributed by atoms with Crippen molar-refractivity contribution in [2.75, 3.05) is 42.3 Å². The quantitative estimate of drug-likeness (QED) is 0.477. The molecule has 2 atom stereocenters. The van der Waals surface area contributed by atoms with Crippen molar-refractivity contribution in [1.29, 1.82) is 0 Å². The van der Waals surface area contributed by atoms with Crippen LogP contribution in [0.2, 0.25) is 0 Å². The van der Waals surface area contributed by atoms with Crippen molar-refractivity contribution in [2.24, 2.45) is 0 Å². The fourth-order valence-corrected chi connectivity index (χ4v) is 4.18. The van der Waals surface area contributed by atoms with Crippen LogP contribution in [0.1, 0.15) is 25.0 Å². The highest BCUT2D eigenvalue weighted by atomic mass is 32.1. The van der Waals surface area contributed by atoms with Gasteiger partial charge in [-0.3, -0.25) is 10.1 Å². The van der Waals surface area contributed by atoms with E-state index in [4.69, 9.17) is 9.47 Å². The predicted octanol–water partition coefficient (Wildman–Crippen LogP) is 2.28. The number of carbonyl (C=O) groups excluding carboxylic acids is 1. The van der Waals surface area contributed by atoms with E-state index < -0.39 is 17.8 Å². The number of nitrogens with zero attached hydrogens (tertiary/aromatic N) is 6. The van der Waals surface area contributed by atoms with Gasteiger partial charge in [0.25, 0.3) is 5.91 Å². The first-order valence-electron chi connectivity index (χ1n) is 10.3. The average Bonchev–Trinajstić information content (AvgIpc) is 3.48. The van der Waals surface area contributed by atoms with E-state index in [1.165, 1.54) is 42.8 Å². The van der Waals surface area contributed by atoms with Crippen molar-refractivity contribution < 1.29 is 18.7 Å². The lowest BCUT2D eigenvalue weighted by Crippen LogP contribution is -2.27. The van der Waals surface area contributed by atoms with E-state index in [2.05, 4.69) is 36.0 Å². The first-order chi connectivity index (χ1) is 16.1. The Bertz CT molecular complexity index is 1090. The lowest BCUT2D eigenvalue weighted by atomic mass is 10.1. The third-order valence-corrected chi connectivity index (χ3v) is 5.74. The summed E-state index contributed by atoms with van der Waals surface area (Å²) >= 11 is 1.22. The van der Waals surface area contributed by atoms with Crippen LogP contribution in [0.25, 0.3) is 0 Å². The molecule has 0 unspecified atom stereocenters. The number of aromatic nitrogens is 5. The number of anilines is 3. The molecule has 174 valence electrons. The zero-order chi connectivity index (χ0) is 23.2. The zero-order valence-electron chi connectivity index (χ0n) is 18.1. The van der Waals surface area contributed by atoms with Gasteiger partial charge in [-0.15, -0.1) is 15.3 Å². The standard InChI is InChI=1S/C20H23FN8O3S/c1-3-32-16(12-4-5-14(21)15(10-12)31-2)17(30)25-20-28-27-19(33-20)24-13-6-9-29(11-13)18-22-7-8-23-26-18/h4-5,7-8,10,13,16H,3,6,9,11H2,1-2H3,(H,24,27)(H,25,28,30)/t13-,16+/m1/s1. The fraction of sp³-hybridized carbons (Fsp3) is 0.400. The summed E-state index contributed by atoms with van der Waals surface area (Å²) in [5.74, 6) is -0.326. The van der Waals surface area contributed by atoms with Gasteiger partial charge in [0.2, 0.25) is 16.2 Å². The average molecular weight is 475 g/mol. The van der Waals surface area contributed by atoms with Crippen molar-refractivity contribution in [2.45, 2.75) is 25.5 Å². The number of ether oxygens (including phenoxy) is 2. The number of hydrogen-bond donors (Lipinski definition) is 2. The molecule has 1 fully saturated rings. The molecule has 11 nitrogen and oxygen atoms in total. The molecule has 1 saturated heterocycles. The molecule has 1 aliphatic heterocycles. The van der Waals surface area contributed by atoms with Crippen LogP contribution in [0.4, 0.5) is 20.6 Å². The first-order valence-corrected chi connectivity index (χ1v) is 11.1. The van der Waals surface area contributed by atoms with E-state index in [1.54, 1.807) is 13.1 Å². The van der Waals surface area contributed by atoms with Gasteiger partial charge in [-0.05, 0) is 31.0 Å². The normalized spacial score (nSPS) is 16.5. The van der Waals surface area contributed by atoms with E-state index in [9.17, 15) is 9.18 Å². The first kappa shape index (κ1) is 22.7. The Labute approximate surface area is 193 Å². The summed E-state index contributed by atoms with van der Waals surface area (Å²) < 4.78 is 24.4. The zero-order valence-corrected chi connectivity index (χ0v) is 18.9. The van der Waals surface area contributed by atoms with E-state index in [0.29, 0.717) is 34.9 Å². The Morgan fingerprint density at radius 1 is 1.30 bits per heavy atom. The predicted molar refractivity (Wildman–Crippen MR) is 120 cm³/mol. The molecule has 0 aliphatic carbocycles. The Morgan fingerprint density at radius 3 is 2.91 bits per heavy atom. The second kappa shape index (κ2) is 10.4. The Hall–Kier alpha value is -3.45. The minimum atomic E-state index is -0.951. The lowest BCUT2D eigenvalue weighted by molar-refractivity contribution is -0.127. The highest BCUT2D eigenvalue weighted by Crippen LogP contribution is 2.28. The number of rotatable bonds is 9. The molecule has 0 spiro atoms. The number of halogens is 1. The third-order valence-electron chi connectivity index (χ3n) is 4.97. The monoisotopic (exact) mass is 474 g/mol. The van der Waals surface area contributed by atoms with Crippen molar-refractivity contribution in [3.63, 3.8) is 0 Å². The van der Waals surface area contributed by atoms with Crippen molar-refractivity contribution in [1.82, 2.24) is 25.4 Å². The highest BCUT2D eigenvalue weighted by Gasteiger charge is 2.26.